The van der Waals surface area contributed by atoms with Crippen LogP contribution in [0.15, 0.2) is 163 Å². The third-order valence-corrected chi connectivity index (χ3v) is 6.81. The molecule has 0 unspecified atom stereocenters. The number of aryl methyl sites for hydroxylation is 1. The van der Waals surface area contributed by atoms with Gasteiger partial charge in [0.05, 0.1) is 37.0 Å². The van der Waals surface area contributed by atoms with Gasteiger partial charge in [-0.2, -0.15) is 0 Å². The Hall–Kier alpha value is -5.46. The zero-order valence-electron chi connectivity index (χ0n) is 49.0. The van der Waals surface area contributed by atoms with Crippen molar-refractivity contribution in [1.82, 2.24) is 0 Å². The second-order valence-corrected chi connectivity index (χ2v) is 9.25. The molecule has 202 valence electrons. The van der Waals surface area contributed by atoms with Crippen LogP contribution in [0.2, 0.25) is 0 Å². The topological polar surface area (TPSA) is 0 Å². The summed E-state index contributed by atoms with van der Waals surface area (Å²) in [6.45, 7) is 1.30. The van der Waals surface area contributed by atoms with E-state index in [1.54, 1.807) is 0 Å². The van der Waals surface area contributed by atoms with Crippen LogP contribution >= 0.6 is 0 Å². The van der Waals surface area contributed by atoms with Crippen molar-refractivity contribution in [2.75, 3.05) is 0 Å². The number of rotatable bonds is 4. The first-order valence-corrected chi connectivity index (χ1v) is 12.8. The maximum Gasteiger partial charge on any atom is 0.0636 e. The van der Waals surface area contributed by atoms with Gasteiger partial charge in [0.15, 0.2) is 0 Å². The third kappa shape index (κ3) is 4.31. The lowest BCUT2D eigenvalue weighted by Gasteiger charge is -2.19. The van der Waals surface area contributed by atoms with E-state index in [9.17, 15) is 12.3 Å². The summed E-state index contributed by atoms with van der Waals surface area (Å²) < 4.78 is 241. The highest BCUT2D eigenvalue weighted by Crippen LogP contribution is 2.45. The van der Waals surface area contributed by atoms with Crippen LogP contribution in [0.3, 0.4) is 0 Å². The van der Waals surface area contributed by atoms with Crippen molar-refractivity contribution in [2.24, 2.45) is 0 Å². The minimum Gasteiger partial charge on any atom is -0.0622 e. The Labute approximate surface area is 290 Å². The monoisotopic (exact) mass is 573 g/mol. The molecule has 8 aromatic carbocycles. The van der Waals surface area contributed by atoms with Gasteiger partial charge in [0.25, 0.3) is 0 Å². The Morgan fingerprint density at radius 3 is 1.51 bits per heavy atom. The van der Waals surface area contributed by atoms with E-state index in [1.807, 2.05) is 0 Å². The molecule has 0 spiro atoms. The van der Waals surface area contributed by atoms with Crippen LogP contribution in [0.4, 0.5) is 0 Å². The highest BCUT2D eigenvalue weighted by Gasteiger charge is 2.18. The van der Waals surface area contributed by atoms with Gasteiger partial charge in [-0.05, 0) is 95.4 Å². The molecule has 0 nitrogen and oxygen atoms in total. The molecule has 0 amide bonds. The van der Waals surface area contributed by atoms with Gasteiger partial charge >= 0.3 is 0 Å². The Morgan fingerprint density at radius 2 is 0.791 bits per heavy atom. The highest BCUT2D eigenvalue weighted by atomic mass is 14.2. The summed E-state index contributed by atoms with van der Waals surface area (Å²) >= 11 is 0. The molecule has 8 rings (SSSR count). The normalized spacial score (nSPS) is 20.2. The standard InChI is InChI=1S/C43H30/c1-29-12-10-21-37-35(29)19-11-20-36(37)34-26-27-40-41(28-34)43(32-15-6-3-7-16-32)39-18-9-8-17-38(39)42(40)33-24-22-31(23-25-33)30-13-4-2-5-14-30/h2-28H,1H3/i2D,3D,4D,5D,6D,7D,8D,9D,10D,11D,12D,13D,14D,15D,16D,17D,18D,19D,20D,21D,22D,23D,24D,25D,26D,27D,28D. The SMILES string of the molecule is [2H]c1c([2H])c([2H])c(-c2c([2H])c([2H])c(-c3c4c([2H])c([2H])c([2H])c([2H])c4c(-c4c([2H])c([2H])c([2H])c([2H])c4[2H])c4c([2H])c(-c5c([2H])c([2H])c([2H])c6c(C)c([2H])c([2H])c([2H])c56)c([2H])c([2H])c34)c([2H])c2[2H])c([2H])c1[2H]. The zero-order valence-corrected chi connectivity index (χ0v) is 22.0. The van der Waals surface area contributed by atoms with Gasteiger partial charge < -0.3 is 0 Å². The van der Waals surface area contributed by atoms with E-state index < -0.39 is 235 Å². The molecule has 0 heterocycles. The van der Waals surface area contributed by atoms with E-state index in [-0.39, 0.29) is 10.9 Å². The van der Waals surface area contributed by atoms with Crippen molar-refractivity contribution in [1.29, 1.82) is 0 Å². The molecule has 0 aliphatic rings. The lowest BCUT2D eigenvalue weighted by Crippen LogP contribution is -1.92. The van der Waals surface area contributed by atoms with Gasteiger partial charge in [0.1, 0.15) is 0 Å². The van der Waals surface area contributed by atoms with Crippen LogP contribution in [-0.2, 0) is 0 Å². The van der Waals surface area contributed by atoms with Crippen molar-refractivity contribution in [3.05, 3.63) is 169 Å². The highest BCUT2D eigenvalue weighted by molar-refractivity contribution is 6.22. The number of fused-ring (bicyclic) bond motifs is 3. The third-order valence-electron chi connectivity index (χ3n) is 6.81. The molecule has 0 heteroatoms. The van der Waals surface area contributed by atoms with E-state index in [1.165, 1.54) is 6.92 Å². The van der Waals surface area contributed by atoms with Crippen molar-refractivity contribution in [2.45, 2.75) is 6.92 Å². The molecule has 0 aliphatic carbocycles. The molecular weight excluding hydrogens is 516 g/mol. The van der Waals surface area contributed by atoms with Crippen LogP contribution in [0.1, 0.15) is 42.6 Å². The maximum atomic E-state index is 10.1. The number of hydrogen-bond donors (Lipinski definition) is 0. The summed E-state index contributed by atoms with van der Waals surface area (Å²) in [5.74, 6) is 0. The van der Waals surface area contributed by atoms with Gasteiger partial charge in [-0.3, -0.25) is 0 Å². The first-order chi connectivity index (χ1) is 32.5. The molecule has 0 atom stereocenters. The van der Waals surface area contributed by atoms with Crippen LogP contribution in [0.5, 0.6) is 0 Å². The zero-order chi connectivity index (χ0) is 52.2. The molecule has 0 aromatic heterocycles. The molecular formula is C43H30. The smallest absolute Gasteiger partial charge is 0.0622 e. The maximum absolute atomic E-state index is 10.1. The van der Waals surface area contributed by atoms with Gasteiger partial charge in [-0.15, -0.1) is 0 Å². The van der Waals surface area contributed by atoms with Crippen LogP contribution < -0.4 is 0 Å². The van der Waals surface area contributed by atoms with Gasteiger partial charge in [-0.1, -0.05) is 157 Å². The van der Waals surface area contributed by atoms with Crippen molar-refractivity contribution in [3.63, 3.8) is 0 Å². The first kappa shape index (κ1) is 9.79. The van der Waals surface area contributed by atoms with E-state index in [0.717, 1.165) is 0 Å². The number of benzene rings is 8. The fraction of sp³-hybridized carbons (Fsp3) is 0.0233. The lowest BCUT2D eigenvalue weighted by molar-refractivity contribution is 1.53. The average molecular weight is 574 g/mol. The van der Waals surface area contributed by atoms with E-state index in [2.05, 4.69) is 0 Å². The first-order valence-electron chi connectivity index (χ1n) is 26.2. The molecule has 0 N–H and O–H groups in total. The number of hydrogen-bond acceptors (Lipinski definition) is 0. The molecule has 0 bridgehead atoms. The van der Waals surface area contributed by atoms with Gasteiger partial charge in [0, 0.05) is 0 Å². The predicted molar refractivity (Wildman–Crippen MR) is 185 cm³/mol. The Kier molecular flexibility index (Phi) is 2.37. The molecule has 43 heavy (non-hydrogen) atoms. The molecule has 0 saturated heterocycles. The van der Waals surface area contributed by atoms with Gasteiger partial charge in [0.2, 0.25) is 0 Å². The van der Waals surface area contributed by atoms with Crippen LogP contribution in [-0.4, -0.2) is 0 Å². The fourth-order valence-corrected chi connectivity index (χ4v) is 4.91. The minimum atomic E-state index is -1.09. The van der Waals surface area contributed by atoms with Crippen LogP contribution in [0.25, 0.3) is 76.8 Å². The second kappa shape index (κ2) is 10.4. The Balaban J connectivity index is 1.77. The lowest BCUT2D eigenvalue weighted by atomic mass is 9.84. The summed E-state index contributed by atoms with van der Waals surface area (Å²) in [6, 6.07) is -25.3. The Bertz CT molecular complexity index is 3700. The van der Waals surface area contributed by atoms with Crippen molar-refractivity contribution < 1.29 is 37.0 Å². The summed E-state index contributed by atoms with van der Waals surface area (Å²) in [7, 11) is 0. The minimum absolute atomic E-state index is 0.111. The van der Waals surface area contributed by atoms with E-state index in [4.69, 9.17) is 24.7 Å². The Morgan fingerprint density at radius 1 is 0.326 bits per heavy atom. The predicted octanol–water partition coefficient (Wildman–Crippen LogP) is 12.1. The second-order valence-electron chi connectivity index (χ2n) is 9.25. The molecule has 0 aliphatic heterocycles. The molecule has 0 saturated carbocycles. The van der Waals surface area contributed by atoms with Crippen LogP contribution in [0, 0.1) is 6.92 Å². The quantitative estimate of drug-likeness (QED) is 0.184. The largest absolute Gasteiger partial charge is 0.0636 e. The van der Waals surface area contributed by atoms with Gasteiger partial charge in [-0.25, -0.2) is 0 Å². The van der Waals surface area contributed by atoms with Crippen molar-refractivity contribution in [3.8, 4) is 44.5 Å². The summed E-state index contributed by atoms with van der Waals surface area (Å²) in [4.78, 5) is 0. The summed E-state index contributed by atoms with van der Waals surface area (Å²) in [6.07, 6.45) is 0. The van der Waals surface area contributed by atoms with E-state index >= 15 is 0 Å². The fourth-order valence-electron chi connectivity index (χ4n) is 4.91. The molecule has 0 fully saturated rings. The van der Waals surface area contributed by atoms with E-state index in [0.29, 0.717) is 0 Å². The molecule has 0 radical (unpaired) electrons. The van der Waals surface area contributed by atoms with Crippen molar-refractivity contribution >= 4 is 32.3 Å². The average Bonchev–Trinajstić information content (AvgIpc) is 3.32. The summed E-state index contributed by atoms with van der Waals surface area (Å²) in [5, 5.41) is -3.92. The summed E-state index contributed by atoms with van der Waals surface area (Å²) in [5.41, 5.74) is -6.41. The molecule has 8 aromatic rings.